The molecule has 106 valence electrons. The van der Waals surface area contributed by atoms with Crippen LogP contribution < -0.4 is 5.32 Å². The molecule has 2 saturated heterocycles. The number of hydrogen-bond acceptors (Lipinski definition) is 2. The van der Waals surface area contributed by atoms with Crippen LogP contribution >= 0.6 is 12.4 Å². The molecule has 3 heteroatoms. The topological polar surface area (TPSA) is 15.3 Å². The lowest BCUT2D eigenvalue weighted by atomic mass is 9.59. The van der Waals surface area contributed by atoms with Gasteiger partial charge in [0.05, 0.1) is 0 Å². The van der Waals surface area contributed by atoms with Crippen molar-refractivity contribution in [3.05, 3.63) is 0 Å². The van der Waals surface area contributed by atoms with E-state index in [4.69, 9.17) is 0 Å². The van der Waals surface area contributed by atoms with Crippen molar-refractivity contribution in [1.29, 1.82) is 0 Å². The van der Waals surface area contributed by atoms with Gasteiger partial charge in [0.1, 0.15) is 0 Å². The maximum Gasteiger partial charge on any atom is 0.00407 e. The van der Waals surface area contributed by atoms with Gasteiger partial charge in [-0.05, 0) is 69.0 Å². The molecule has 0 aromatic rings. The smallest absolute Gasteiger partial charge is 0.00407 e. The Bertz CT molecular complexity index is 259. The highest BCUT2D eigenvalue weighted by molar-refractivity contribution is 5.85. The molecule has 2 aliphatic heterocycles. The first-order valence-electron chi connectivity index (χ1n) is 7.72. The van der Waals surface area contributed by atoms with Crippen LogP contribution in [0.4, 0.5) is 0 Å². The summed E-state index contributed by atoms with van der Waals surface area (Å²) in [5, 5.41) is 3.56. The van der Waals surface area contributed by atoms with Gasteiger partial charge in [-0.25, -0.2) is 0 Å². The monoisotopic (exact) mass is 272 g/mol. The first kappa shape index (κ1) is 14.6. The summed E-state index contributed by atoms with van der Waals surface area (Å²) in [6, 6.07) is 0. The third-order valence-corrected chi connectivity index (χ3v) is 5.73. The minimum absolute atomic E-state index is 0. The lowest BCUT2D eigenvalue weighted by Gasteiger charge is -2.53. The highest BCUT2D eigenvalue weighted by Crippen LogP contribution is 2.50. The molecule has 1 N–H and O–H groups in total. The van der Waals surface area contributed by atoms with Crippen LogP contribution in [-0.4, -0.2) is 37.6 Å². The largest absolute Gasteiger partial charge is 0.316 e. The van der Waals surface area contributed by atoms with Gasteiger partial charge < -0.3 is 10.2 Å². The minimum atomic E-state index is 0. The van der Waals surface area contributed by atoms with E-state index in [1.165, 1.54) is 71.2 Å². The molecule has 1 saturated carbocycles. The Hall–Kier alpha value is 0.210. The molecule has 1 spiro atoms. The minimum Gasteiger partial charge on any atom is -0.316 e. The van der Waals surface area contributed by atoms with Crippen molar-refractivity contribution in [3.63, 3.8) is 0 Å². The van der Waals surface area contributed by atoms with Gasteiger partial charge in [-0.15, -0.1) is 12.4 Å². The Kier molecular flexibility index (Phi) is 4.96. The van der Waals surface area contributed by atoms with E-state index in [2.05, 4.69) is 17.1 Å². The van der Waals surface area contributed by atoms with Crippen molar-refractivity contribution in [1.82, 2.24) is 10.2 Å². The standard InChI is InChI=1S/C15H28N2.ClH/c1-13-5-9-17(12-15(13)6-3-7-15)11-14-4-2-8-16-10-14;/h13-14,16H,2-12H2,1H3;1H. The van der Waals surface area contributed by atoms with Gasteiger partial charge in [0.15, 0.2) is 0 Å². The summed E-state index contributed by atoms with van der Waals surface area (Å²) in [7, 11) is 0. The van der Waals surface area contributed by atoms with Crippen LogP contribution in [-0.2, 0) is 0 Å². The van der Waals surface area contributed by atoms with Crippen molar-refractivity contribution in [3.8, 4) is 0 Å². The van der Waals surface area contributed by atoms with Gasteiger partial charge in [0, 0.05) is 13.1 Å². The molecule has 2 heterocycles. The number of likely N-dealkylation sites (tertiary alicyclic amines) is 1. The van der Waals surface area contributed by atoms with Crippen LogP contribution in [0.25, 0.3) is 0 Å². The van der Waals surface area contributed by atoms with Crippen molar-refractivity contribution >= 4 is 12.4 Å². The Morgan fingerprint density at radius 3 is 2.67 bits per heavy atom. The molecular formula is C15H29ClN2. The summed E-state index contributed by atoms with van der Waals surface area (Å²) < 4.78 is 0. The Morgan fingerprint density at radius 2 is 2.06 bits per heavy atom. The molecule has 18 heavy (non-hydrogen) atoms. The molecular weight excluding hydrogens is 244 g/mol. The number of halogens is 1. The van der Waals surface area contributed by atoms with E-state index in [9.17, 15) is 0 Å². The number of nitrogens with one attached hydrogen (secondary N) is 1. The molecule has 2 atom stereocenters. The molecule has 1 aliphatic carbocycles. The second kappa shape index (κ2) is 6.11. The van der Waals surface area contributed by atoms with Crippen LogP contribution in [0, 0.1) is 17.3 Å². The highest BCUT2D eigenvalue weighted by atomic mass is 35.5. The van der Waals surface area contributed by atoms with Crippen molar-refractivity contribution in [2.45, 2.75) is 45.4 Å². The van der Waals surface area contributed by atoms with Gasteiger partial charge in [0.25, 0.3) is 0 Å². The van der Waals surface area contributed by atoms with Crippen LogP contribution in [0.1, 0.15) is 45.4 Å². The van der Waals surface area contributed by atoms with Crippen molar-refractivity contribution in [2.24, 2.45) is 17.3 Å². The van der Waals surface area contributed by atoms with Gasteiger partial charge >= 0.3 is 0 Å². The summed E-state index contributed by atoms with van der Waals surface area (Å²) in [5.41, 5.74) is 0.736. The molecule has 2 nitrogen and oxygen atoms in total. The number of hydrogen-bond donors (Lipinski definition) is 1. The Balaban J connectivity index is 0.00000120. The van der Waals surface area contributed by atoms with Crippen LogP contribution in [0.3, 0.4) is 0 Å². The van der Waals surface area contributed by atoms with Gasteiger partial charge in [0.2, 0.25) is 0 Å². The van der Waals surface area contributed by atoms with E-state index in [1.54, 1.807) is 0 Å². The maximum absolute atomic E-state index is 3.56. The molecule has 3 fully saturated rings. The van der Waals surface area contributed by atoms with Gasteiger partial charge in [-0.3, -0.25) is 0 Å². The zero-order valence-corrected chi connectivity index (χ0v) is 12.6. The molecule has 0 radical (unpaired) electrons. The Morgan fingerprint density at radius 1 is 1.22 bits per heavy atom. The van der Waals surface area contributed by atoms with E-state index < -0.39 is 0 Å². The van der Waals surface area contributed by atoms with Gasteiger partial charge in [-0.2, -0.15) is 0 Å². The summed E-state index contributed by atoms with van der Waals surface area (Å²) in [4.78, 5) is 2.79. The number of piperidine rings is 2. The average molecular weight is 273 g/mol. The zero-order chi connectivity index (χ0) is 11.7. The molecule has 0 aromatic carbocycles. The van der Waals surface area contributed by atoms with Gasteiger partial charge in [-0.1, -0.05) is 13.3 Å². The molecule has 3 rings (SSSR count). The van der Waals surface area contributed by atoms with Crippen LogP contribution in [0.2, 0.25) is 0 Å². The highest BCUT2D eigenvalue weighted by Gasteiger charge is 2.45. The molecule has 0 amide bonds. The lowest BCUT2D eigenvalue weighted by molar-refractivity contribution is -0.0338. The zero-order valence-electron chi connectivity index (χ0n) is 11.8. The SMILES string of the molecule is CC1CCN(CC2CCCNC2)CC12CCC2.Cl. The average Bonchev–Trinajstić information content (AvgIpc) is 2.31. The predicted molar refractivity (Wildman–Crippen MR) is 79.3 cm³/mol. The fourth-order valence-corrected chi connectivity index (χ4v) is 4.25. The summed E-state index contributed by atoms with van der Waals surface area (Å²) in [6.45, 7) is 9.14. The van der Waals surface area contributed by atoms with E-state index in [-0.39, 0.29) is 12.4 Å². The third-order valence-electron chi connectivity index (χ3n) is 5.73. The van der Waals surface area contributed by atoms with Crippen molar-refractivity contribution < 1.29 is 0 Å². The third kappa shape index (κ3) is 2.86. The summed E-state index contributed by atoms with van der Waals surface area (Å²) in [5.74, 6) is 1.91. The fourth-order valence-electron chi connectivity index (χ4n) is 4.25. The predicted octanol–water partition coefficient (Wildman–Crippen LogP) is 2.92. The first-order chi connectivity index (χ1) is 8.28. The first-order valence-corrected chi connectivity index (χ1v) is 7.72. The van der Waals surface area contributed by atoms with Crippen LogP contribution in [0.5, 0.6) is 0 Å². The van der Waals surface area contributed by atoms with Crippen molar-refractivity contribution in [2.75, 3.05) is 32.7 Å². The second-order valence-electron chi connectivity index (χ2n) is 6.85. The van der Waals surface area contributed by atoms with E-state index in [0.29, 0.717) is 0 Å². The lowest BCUT2D eigenvalue weighted by Crippen LogP contribution is -2.53. The number of nitrogens with zero attached hydrogens (tertiary/aromatic N) is 1. The summed E-state index contributed by atoms with van der Waals surface area (Å²) >= 11 is 0. The van der Waals surface area contributed by atoms with E-state index in [1.807, 2.05) is 0 Å². The fraction of sp³-hybridized carbons (Fsp3) is 1.00. The Labute approximate surface area is 118 Å². The number of rotatable bonds is 2. The second-order valence-corrected chi connectivity index (χ2v) is 6.85. The maximum atomic E-state index is 3.56. The molecule has 3 aliphatic rings. The van der Waals surface area contributed by atoms with E-state index in [0.717, 1.165) is 17.3 Å². The van der Waals surface area contributed by atoms with E-state index >= 15 is 0 Å². The molecule has 0 bridgehead atoms. The molecule has 0 aromatic heterocycles. The van der Waals surface area contributed by atoms with Crippen LogP contribution in [0.15, 0.2) is 0 Å². The normalized spacial score (nSPS) is 35.8. The quantitative estimate of drug-likeness (QED) is 0.832. The molecule has 2 unspecified atom stereocenters. The summed E-state index contributed by atoms with van der Waals surface area (Å²) in [6.07, 6.45) is 8.79.